The van der Waals surface area contributed by atoms with E-state index in [0.29, 0.717) is 18.0 Å². The zero-order valence-electron chi connectivity index (χ0n) is 11.4. The lowest BCUT2D eigenvalue weighted by atomic mass is 9.90. The molecule has 1 aliphatic carbocycles. The van der Waals surface area contributed by atoms with Gasteiger partial charge < -0.3 is 10.1 Å². The average molecular weight is 245 g/mol. The summed E-state index contributed by atoms with van der Waals surface area (Å²) in [6.07, 6.45) is 4.07. The van der Waals surface area contributed by atoms with E-state index in [1.807, 2.05) is 0 Å². The molecular weight excluding hydrogens is 222 g/mol. The minimum atomic E-state index is 0.459. The Labute approximate surface area is 110 Å². The van der Waals surface area contributed by atoms with E-state index in [0.717, 1.165) is 18.3 Å². The summed E-state index contributed by atoms with van der Waals surface area (Å²) >= 11 is 0. The molecule has 1 N–H and O–H groups in total. The summed E-state index contributed by atoms with van der Waals surface area (Å²) in [5, 5.41) is 3.89. The van der Waals surface area contributed by atoms with Crippen molar-refractivity contribution in [1.82, 2.24) is 5.32 Å². The van der Waals surface area contributed by atoms with Crippen LogP contribution in [0.15, 0.2) is 24.3 Å². The largest absolute Gasteiger partial charge is 0.493 e. The van der Waals surface area contributed by atoms with Gasteiger partial charge in [-0.05, 0) is 24.8 Å². The first-order valence-corrected chi connectivity index (χ1v) is 7.23. The van der Waals surface area contributed by atoms with Crippen molar-refractivity contribution in [1.29, 1.82) is 0 Å². The first kappa shape index (κ1) is 12.0. The Bertz CT molecular complexity index is 417. The molecule has 3 rings (SSSR count). The van der Waals surface area contributed by atoms with Crippen LogP contribution in [0, 0.1) is 11.8 Å². The third-order valence-corrected chi connectivity index (χ3v) is 4.58. The second-order valence-corrected chi connectivity index (χ2v) is 5.99. The van der Waals surface area contributed by atoms with E-state index in [1.165, 1.54) is 24.8 Å². The predicted molar refractivity (Wildman–Crippen MR) is 73.8 cm³/mol. The van der Waals surface area contributed by atoms with Gasteiger partial charge in [-0.1, -0.05) is 38.5 Å². The van der Waals surface area contributed by atoms with Gasteiger partial charge in [-0.25, -0.2) is 0 Å². The van der Waals surface area contributed by atoms with Crippen molar-refractivity contribution in [2.45, 2.75) is 45.2 Å². The maximum absolute atomic E-state index is 5.82. The summed E-state index contributed by atoms with van der Waals surface area (Å²) in [5.41, 5.74) is 1.34. The Morgan fingerprint density at radius 3 is 2.72 bits per heavy atom. The number of para-hydroxylation sites is 1. The molecule has 0 amide bonds. The van der Waals surface area contributed by atoms with Gasteiger partial charge in [-0.15, -0.1) is 0 Å². The van der Waals surface area contributed by atoms with Gasteiger partial charge in [0.25, 0.3) is 0 Å². The number of hydrogen-bond donors (Lipinski definition) is 1. The van der Waals surface area contributed by atoms with E-state index in [9.17, 15) is 0 Å². The van der Waals surface area contributed by atoms with Crippen LogP contribution < -0.4 is 10.1 Å². The second kappa shape index (κ2) is 4.93. The van der Waals surface area contributed by atoms with E-state index < -0.39 is 0 Å². The van der Waals surface area contributed by atoms with Gasteiger partial charge >= 0.3 is 0 Å². The fourth-order valence-corrected chi connectivity index (χ4v) is 3.37. The SMILES string of the molecule is CC1CCCC1NC1c2ccccc2OCC1C. The van der Waals surface area contributed by atoms with Gasteiger partial charge in [0.1, 0.15) is 5.75 Å². The monoisotopic (exact) mass is 245 g/mol. The maximum Gasteiger partial charge on any atom is 0.124 e. The number of rotatable bonds is 2. The zero-order chi connectivity index (χ0) is 12.5. The smallest absolute Gasteiger partial charge is 0.124 e. The van der Waals surface area contributed by atoms with Gasteiger partial charge in [0.2, 0.25) is 0 Å². The highest BCUT2D eigenvalue weighted by Crippen LogP contribution is 2.37. The van der Waals surface area contributed by atoms with Crippen LogP contribution in [0.5, 0.6) is 5.75 Å². The summed E-state index contributed by atoms with van der Waals surface area (Å²) in [6, 6.07) is 9.62. The highest BCUT2D eigenvalue weighted by Gasteiger charge is 2.32. The zero-order valence-corrected chi connectivity index (χ0v) is 11.4. The Kier molecular flexibility index (Phi) is 3.29. The standard InChI is InChI=1S/C16H23NO/c1-11-6-5-8-14(11)17-16-12(2)10-18-15-9-4-3-7-13(15)16/h3-4,7,9,11-12,14,16-17H,5-6,8,10H2,1-2H3. The predicted octanol–water partition coefficient (Wildman–Crippen LogP) is 3.53. The van der Waals surface area contributed by atoms with Crippen LogP contribution in [0.2, 0.25) is 0 Å². The molecular formula is C16H23NO. The molecule has 0 bridgehead atoms. The van der Waals surface area contributed by atoms with Crippen LogP contribution in [0.1, 0.15) is 44.7 Å². The Morgan fingerprint density at radius 1 is 1.11 bits per heavy atom. The molecule has 4 unspecified atom stereocenters. The summed E-state index contributed by atoms with van der Waals surface area (Å²) in [4.78, 5) is 0. The lowest BCUT2D eigenvalue weighted by molar-refractivity contribution is 0.175. The van der Waals surface area contributed by atoms with Crippen LogP contribution in [0.3, 0.4) is 0 Å². The molecule has 4 atom stereocenters. The van der Waals surface area contributed by atoms with Crippen LogP contribution in [-0.2, 0) is 0 Å². The highest BCUT2D eigenvalue weighted by atomic mass is 16.5. The van der Waals surface area contributed by atoms with E-state index in [1.54, 1.807) is 0 Å². The molecule has 1 aromatic rings. The van der Waals surface area contributed by atoms with Gasteiger partial charge in [0.15, 0.2) is 0 Å². The summed E-state index contributed by atoms with van der Waals surface area (Å²) in [7, 11) is 0. The van der Waals surface area contributed by atoms with Crippen molar-refractivity contribution in [2.75, 3.05) is 6.61 Å². The van der Waals surface area contributed by atoms with Crippen molar-refractivity contribution in [2.24, 2.45) is 11.8 Å². The molecule has 98 valence electrons. The molecule has 1 aliphatic heterocycles. The molecule has 0 radical (unpaired) electrons. The van der Waals surface area contributed by atoms with Crippen LogP contribution in [0.25, 0.3) is 0 Å². The maximum atomic E-state index is 5.82. The van der Waals surface area contributed by atoms with E-state index >= 15 is 0 Å². The summed E-state index contributed by atoms with van der Waals surface area (Å²) in [5.74, 6) is 2.43. The minimum absolute atomic E-state index is 0.459. The van der Waals surface area contributed by atoms with Crippen molar-refractivity contribution in [3.05, 3.63) is 29.8 Å². The first-order chi connectivity index (χ1) is 8.75. The van der Waals surface area contributed by atoms with Crippen molar-refractivity contribution in [3.63, 3.8) is 0 Å². The van der Waals surface area contributed by atoms with Crippen LogP contribution in [-0.4, -0.2) is 12.6 Å². The lowest BCUT2D eigenvalue weighted by Crippen LogP contribution is -2.41. The molecule has 2 heteroatoms. The van der Waals surface area contributed by atoms with Crippen LogP contribution >= 0.6 is 0 Å². The van der Waals surface area contributed by atoms with Crippen molar-refractivity contribution < 1.29 is 4.74 Å². The normalized spacial score (nSPS) is 35.0. The minimum Gasteiger partial charge on any atom is -0.493 e. The number of benzene rings is 1. The van der Waals surface area contributed by atoms with E-state index in [2.05, 4.69) is 43.4 Å². The fraction of sp³-hybridized carbons (Fsp3) is 0.625. The first-order valence-electron chi connectivity index (χ1n) is 7.23. The van der Waals surface area contributed by atoms with Crippen molar-refractivity contribution >= 4 is 0 Å². The van der Waals surface area contributed by atoms with Gasteiger partial charge in [0, 0.05) is 23.6 Å². The third-order valence-electron chi connectivity index (χ3n) is 4.58. The lowest BCUT2D eigenvalue weighted by Gasteiger charge is -2.35. The number of fused-ring (bicyclic) bond motifs is 1. The van der Waals surface area contributed by atoms with E-state index in [4.69, 9.17) is 4.74 Å². The quantitative estimate of drug-likeness (QED) is 0.860. The Hall–Kier alpha value is -1.02. The van der Waals surface area contributed by atoms with Crippen molar-refractivity contribution in [3.8, 4) is 5.75 Å². The molecule has 1 heterocycles. The molecule has 1 saturated carbocycles. The molecule has 0 aromatic heterocycles. The molecule has 2 nitrogen and oxygen atoms in total. The number of ether oxygens (including phenoxy) is 1. The van der Waals surface area contributed by atoms with Gasteiger partial charge in [-0.3, -0.25) is 0 Å². The fourth-order valence-electron chi connectivity index (χ4n) is 3.37. The highest BCUT2D eigenvalue weighted by molar-refractivity contribution is 5.38. The molecule has 2 aliphatic rings. The summed E-state index contributed by atoms with van der Waals surface area (Å²) < 4.78 is 5.82. The number of nitrogens with one attached hydrogen (secondary N) is 1. The average Bonchev–Trinajstić information content (AvgIpc) is 2.79. The van der Waals surface area contributed by atoms with Gasteiger partial charge in [-0.2, -0.15) is 0 Å². The third kappa shape index (κ3) is 2.14. The molecule has 0 saturated heterocycles. The number of hydrogen-bond acceptors (Lipinski definition) is 2. The molecule has 0 spiro atoms. The van der Waals surface area contributed by atoms with Crippen LogP contribution in [0.4, 0.5) is 0 Å². The van der Waals surface area contributed by atoms with Gasteiger partial charge in [0.05, 0.1) is 6.61 Å². The second-order valence-electron chi connectivity index (χ2n) is 5.99. The molecule has 1 aromatic carbocycles. The Balaban J connectivity index is 1.82. The molecule has 1 fully saturated rings. The topological polar surface area (TPSA) is 21.3 Å². The Morgan fingerprint density at radius 2 is 1.94 bits per heavy atom. The van der Waals surface area contributed by atoms with E-state index in [-0.39, 0.29) is 0 Å². The molecule has 18 heavy (non-hydrogen) atoms. The summed E-state index contributed by atoms with van der Waals surface area (Å²) in [6.45, 7) is 5.49.